The van der Waals surface area contributed by atoms with Crippen LogP contribution in [-0.4, -0.2) is 21.3 Å². The maximum Gasteiger partial charge on any atom is 0.353 e. The standard InChI is InChI=1S/C11H8F2N2O2/c1-5-2-7(12)8(13)3-6(5)9-4-10(11(16)17)15-14-9/h2-4H,1H3,(H,14,15)(H,16,17). The van der Waals surface area contributed by atoms with Crippen LogP contribution in [0.25, 0.3) is 11.3 Å². The van der Waals surface area contributed by atoms with Gasteiger partial charge in [-0.1, -0.05) is 0 Å². The number of carbonyl (C=O) groups is 1. The van der Waals surface area contributed by atoms with Gasteiger partial charge in [0, 0.05) is 5.56 Å². The Kier molecular flexibility index (Phi) is 2.63. The second-order valence-corrected chi connectivity index (χ2v) is 3.55. The van der Waals surface area contributed by atoms with E-state index in [0.29, 0.717) is 11.1 Å². The van der Waals surface area contributed by atoms with Gasteiger partial charge in [-0.05, 0) is 30.7 Å². The molecule has 88 valence electrons. The summed E-state index contributed by atoms with van der Waals surface area (Å²) in [6.07, 6.45) is 0. The number of rotatable bonds is 2. The topological polar surface area (TPSA) is 66.0 Å². The Balaban J connectivity index is 2.52. The lowest BCUT2D eigenvalue weighted by Crippen LogP contribution is -1.95. The molecule has 2 aromatic rings. The second kappa shape index (κ2) is 3.97. The van der Waals surface area contributed by atoms with Gasteiger partial charge in [0.15, 0.2) is 11.6 Å². The summed E-state index contributed by atoms with van der Waals surface area (Å²) in [6, 6.07) is 3.30. The molecule has 4 nitrogen and oxygen atoms in total. The number of aryl methyl sites for hydroxylation is 1. The van der Waals surface area contributed by atoms with E-state index in [4.69, 9.17) is 5.11 Å². The van der Waals surface area contributed by atoms with Gasteiger partial charge in [-0.3, -0.25) is 5.10 Å². The highest BCUT2D eigenvalue weighted by Gasteiger charge is 2.13. The van der Waals surface area contributed by atoms with E-state index in [9.17, 15) is 13.6 Å². The number of benzene rings is 1. The molecule has 0 unspecified atom stereocenters. The van der Waals surface area contributed by atoms with Crippen LogP contribution in [0.3, 0.4) is 0 Å². The predicted octanol–water partition coefficient (Wildman–Crippen LogP) is 2.36. The fourth-order valence-corrected chi connectivity index (χ4v) is 1.49. The van der Waals surface area contributed by atoms with Gasteiger partial charge in [-0.2, -0.15) is 5.10 Å². The van der Waals surface area contributed by atoms with Crippen LogP contribution in [0, 0.1) is 18.6 Å². The van der Waals surface area contributed by atoms with Crippen LogP contribution in [-0.2, 0) is 0 Å². The van der Waals surface area contributed by atoms with Crippen LogP contribution in [0.5, 0.6) is 0 Å². The summed E-state index contributed by atoms with van der Waals surface area (Å²) in [5, 5.41) is 14.8. The van der Waals surface area contributed by atoms with Crippen molar-refractivity contribution in [3.63, 3.8) is 0 Å². The van der Waals surface area contributed by atoms with Crippen LogP contribution in [0.4, 0.5) is 8.78 Å². The minimum atomic E-state index is -1.16. The summed E-state index contributed by atoms with van der Waals surface area (Å²) in [6.45, 7) is 1.59. The smallest absolute Gasteiger partial charge is 0.353 e. The van der Waals surface area contributed by atoms with E-state index in [1.54, 1.807) is 6.92 Å². The molecule has 0 aliphatic carbocycles. The molecule has 0 aliphatic heterocycles. The van der Waals surface area contributed by atoms with Crippen molar-refractivity contribution in [3.8, 4) is 11.3 Å². The maximum atomic E-state index is 13.1. The molecule has 2 N–H and O–H groups in total. The molecule has 0 fully saturated rings. The second-order valence-electron chi connectivity index (χ2n) is 3.55. The molecule has 0 radical (unpaired) electrons. The van der Waals surface area contributed by atoms with Crippen LogP contribution in [0.15, 0.2) is 18.2 Å². The van der Waals surface area contributed by atoms with Gasteiger partial charge < -0.3 is 5.11 Å². The average molecular weight is 238 g/mol. The molecule has 2 rings (SSSR count). The Morgan fingerprint density at radius 2 is 1.94 bits per heavy atom. The molecule has 6 heteroatoms. The van der Waals surface area contributed by atoms with E-state index in [1.807, 2.05) is 0 Å². The number of halogens is 2. The molecule has 1 aromatic carbocycles. The molecule has 1 heterocycles. The fraction of sp³-hybridized carbons (Fsp3) is 0.0909. The first kappa shape index (κ1) is 11.3. The molecule has 0 amide bonds. The lowest BCUT2D eigenvalue weighted by Gasteiger charge is -2.02. The van der Waals surface area contributed by atoms with Gasteiger partial charge in [-0.15, -0.1) is 0 Å². The number of aromatic nitrogens is 2. The summed E-state index contributed by atoms with van der Waals surface area (Å²) in [4.78, 5) is 10.6. The van der Waals surface area contributed by atoms with E-state index < -0.39 is 17.6 Å². The minimum Gasteiger partial charge on any atom is -0.477 e. The number of hydrogen-bond acceptors (Lipinski definition) is 2. The highest BCUT2D eigenvalue weighted by molar-refractivity contribution is 5.87. The molecule has 0 bridgehead atoms. The Labute approximate surface area is 94.9 Å². The van der Waals surface area contributed by atoms with Crippen molar-refractivity contribution >= 4 is 5.97 Å². The van der Waals surface area contributed by atoms with Gasteiger partial charge in [0.25, 0.3) is 0 Å². The summed E-state index contributed by atoms with van der Waals surface area (Å²) in [5.74, 6) is -3.10. The molecule has 0 spiro atoms. The monoisotopic (exact) mass is 238 g/mol. The number of hydrogen-bond donors (Lipinski definition) is 2. The molecule has 0 saturated carbocycles. The van der Waals surface area contributed by atoms with Crippen molar-refractivity contribution in [3.05, 3.63) is 41.1 Å². The van der Waals surface area contributed by atoms with Crippen molar-refractivity contribution in [2.75, 3.05) is 0 Å². The van der Waals surface area contributed by atoms with Crippen molar-refractivity contribution in [2.45, 2.75) is 6.92 Å². The van der Waals surface area contributed by atoms with Gasteiger partial charge in [0.1, 0.15) is 5.69 Å². The summed E-state index contributed by atoms with van der Waals surface area (Å²) in [7, 11) is 0. The third-order valence-electron chi connectivity index (χ3n) is 2.35. The lowest BCUT2D eigenvalue weighted by atomic mass is 10.1. The predicted molar refractivity (Wildman–Crippen MR) is 55.6 cm³/mol. The van der Waals surface area contributed by atoms with Gasteiger partial charge in [0.05, 0.1) is 5.69 Å². The molecule has 17 heavy (non-hydrogen) atoms. The van der Waals surface area contributed by atoms with E-state index in [-0.39, 0.29) is 11.4 Å². The fourth-order valence-electron chi connectivity index (χ4n) is 1.49. The van der Waals surface area contributed by atoms with Crippen molar-refractivity contribution in [2.24, 2.45) is 0 Å². The highest BCUT2D eigenvalue weighted by atomic mass is 19.2. The zero-order valence-electron chi connectivity index (χ0n) is 8.79. The van der Waals surface area contributed by atoms with Crippen molar-refractivity contribution in [1.29, 1.82) is 0 Å². The van der Waals surface area contributed by atoms with Crippen LogP contribution in [0.2, 0.25) is 0 Å². The van der Waals surface area contributed by atoms with Gasteiger partial charge in [0.2, 0.25) is 0 Å². The van der Waals surface area contributed by atoms with Gasteiger partial charge in [-0.25, -0.2) is 13.6 Å². The average Bonchev–Trinajstić information content (AvgIpc) is 2.72. The first-order valence-corrected chi connectivity index (χ1v) is 4.73. The molecular formula is C11H8F2N2O2. The minimum absolute atomic E-state index is 0.107. The first-order valence-electron chi connectivity index (χ1n) is 4.73. The maximum absolute atomic E-state index is 13.1. The normalized spacial score (nSPS) is 10.5. The third-order valence-corrected chi connectivity index (χ3v) is 2.35. The third kappa shape index (κ3) is 2.01. The van der Waals surface area contributed by atoms with Crippen LogP contribution >= 0.6 is 0 Å². The van der Waals surface area contributed by atoms with E-state index >= 15 is 0 Å². The number of aromatic carboxylic acids is 1. The van der Waals surface area contributed by atoms with E-state index in [1.165, 1.54) is 6.07 Å². The Hall–Kier alpha value is -2.24. The van der Waals surface area contributed by atoms with E-state index in [0.717, 1.165) is 12.1 Å². The lowest BCUT2D eigenvalue weighted by molar-refractivity contribution is 0.0690. The molecule has 0 aliphatic rings. The SMILES string of the molecule is Cc1cc(F)c(F)cc1-c1cc(C(=O)O)[nH]n1. The zero-order chi connectivity index (χ0) is 12.6. The number of aromatic amines is 1. The summed E-state index contributed by atoms with van der Waals surface area (Å²) in [5.41, 5.74) is 0.989. The summed E-state index contributed by atoms with van der Waals surface area (Å²) >= 11 is 0. The van der Waals surface area contributed by atoms with Crippen LogP contribution in [0.1, 0.15) is 16.1 Å². The number of carboxylic acid groups (broad SMARTS) is 1. The van der Waals surface area contributed by atoms with Gasteiger partial charge >= 0.3 is 5.97 Å². The Morgan fingerprint density at radius 3 is 2.53 bits per heavy atom. The quantitative estimate of drug-likeness (QED) is 0.844. The summed E-state index contributed by atoms with van der Waals surface area (Å²) < 4.78 is 26.0. The first-order chi connectivity index (χ1) is 7.99. The van der Waals surface area contributed by atoms with Crippen molar-refractivity contribution in [1.82, 2.24) is 10.2 Å². The number of nitrogens with zero attached hydrogens (tertiary/aromatic N) is 1. The number of nitrogens with one attached hydrogen (secondary N) is 1. The zero-order valence-corrected chi connectivity index (χ0v) is 8.79. The molecular weight excluding hydrogens is 230 g/mol. The largest absolute Gasteiger partial charge is 0.477 e. The van der Waals surface area contributed by atoms with Crippen LogP contribution < -0.4 is 0 Å². The molecule has 0 atom stereocenters. The highest BCUT2D eigenvalue weighted by Crippen LogP contribution is 2.24. The number of H-pyrrole nitrogens is 1. The number of carboxylic acids is 1. The van der Waals surface area contributed by atoms with Crippen molar-refractivity contribution < 1.29 is 18.7 Å². The molecule has 0 saturated heterocycles. The Bertz CT molecular complexity index is 593. The Morgan fingerprint density at radius 1 is 1.29 bits per heavy atom. The molecule has 1 aromatic heterocycles. The van der Waals surface area contributed by atoms with E-state index in [2.05, 4.69) is 10.2 Å².